The summed E-state index contributed by atoms with van der Waals surface area (Å²) in [7, 11) is 0. The molecule has 0 aromatic heterocycles. The second kappa shape index (κ2) is 4.88. The molecule has 1 fully saturated rings. The molecule has 1 saturated heterocycles. The number of hydrogen-bond donors (Lipinski definition) is 1. The van der Waals surface area contributed by atoms with Crippen LogP contribution in [0.15, 0.2) is 12.1 Å². The van der Waals surface area contributed by atoms with E-state index >= 15 is 0 Å². The summed E-state index contributed by atoms with van der Waals surface area (Å²) < 4.78 is 0. The zero-order chi connectivity index (χ0) is 11.5. The van der Waals surface area contributed by atoms with Crippen molar-refractivity contribution in [2.75, 3.05) is 25.4 Å². The van der Waals surface area contributed by atoms with E-state index in [0.717, 1.165) is 12.1 Å². The number of nitrogen functional groups attached to an aromatic ring is 1. The smallest absolute Gasteiger partial charge is 0.0346 e. The van der Waals surface area contributed by atoms with Crippen LogP contribution in [-0.4, -0.2) is 24.5 Å². The molecule has 0 radical (unpaired) electrons. The van der Waals surface area contributed by atoms with Crippen molar-refractivity contribution in [3.05, 3.63) is 28.8 Å². The minimum atomic E-state index is 0.919. The number of nitrogens with two attached hydrogens (primary N) is 1. The van der Waals surface area contributed by atoms with Gasteiger partial charge in [-0.1, -0.05) is 6.07 Å². The van der Waals surface area contributed by atoms with E-state index in [1.807, 2.05) is 0 Å². The number of nitrogens with zero attached hydrogens (tertiary/aromatic N) is 1. The highest BCUT2D eigenvalue weighted by Crippen LogP contribution is 2.19. The van der Waals surface area contributed by atoms with Crippen LogP contribution in [0.1, 0.15) is 29.5 Å². The molecule has 2 rings (SSSR count). The molecule has 1 aliphatic rings. The molecular formula is C14H22N2. The average molecular weight is 218 g/mol. The maximum Gasteiger partial charge on any atom is 0.0346 e. The van der Waals surface area contributed by atoms with Crippen LogP contribution in [0.5, 0.6) is 0 Å². The fourth-order valence-corrected chi connectivity index (χ4v) is 2.45. The summed E-state index contributed by atoms with van der Waals surface area (Å²) in [6.45, 7) is 8.02. The van der Waals surface area contributed by atoms with E-state index in [1.165, 1.54) is 49.2 Å². The number of aryl methyl sites for hydroxylation is 2. The Labute approximate surface area is 98.4 Å². The van der Waals surface area contributed by atoms with Gasteiger partial charge in [-0.15, -0.1) is 0 Å². The van der Waals surface area contributed by atoms with Crippen molar-refractivity contribution < 1.29 is 0 Å². The van der Waals surface area contributed by atoms with Gasteiger partial charge in [0, 0.05) is 12.2 Å². The van der Waals surface area contributed by atoms with Crippen LogP contribution in [0.3, 0.4) is 0 Å². The third-order valence-electron chi connectivity index (χ3n) is 3.62. The summed E-state index contributed by atoms with van der Waals surface area (Å²) in [6, 6.07) is 4.36. The molecule has 0 saturated carbocycles. The van der Waals surface area contributed by atoms with Gasteiger partial charge in [-0.2, -0.15) is 0 Å². The highest BCUT2D eigenvalue weighted by atomic mass is 15.1. The van der Waals surface area contributed by atoms with Crippen molar-refractivity contribution in [3.8, 4) is 0 Å². The molecular weight excluding hydrogens is 196 g/mol. The predicted octanol–water partition coefficient (Wildman–Crippen LogP) is 2.52. The van der Waals surface area contributed by atoms with Gasteiger partial charge in [-0.05, 0) is 69.0 Å². The van der Waals surface area contributed by atoms with Crippen LogP contribution in [0.25, 0.3) is 0 Å². The van der Waals surface area contributed by atoms with Gasteiger partial charge in [0.05, 0.1) is 0 Å². The molecule has 1 aromatic carbocycles. The Hall–Kier alpha value is -1.02. The normalized spacial score (nSPS) is 16.9. The molecule has 2 heteroatoms. The second-order valence-electron chi connectivity index (χ2n) is 4.93. The fraction of sp³-hybridized carbons (Fsp3) is 0.571. The predicted molar refractivity (Wildman–Crippen MR) is 69.7 cm³/mol. The van der Waals surface area contributed by atoms with Crippen LogP contribution in [0.4, 0.5) is 5.69 Å². The second-order valence-corrected chi connectivity index (χ2v) is 4.93. The third kappa shape index (κ3) is 2.56. The van der Waals surface area contributed by atoms with Gasteiger partial charge in [0.2, 0.25) is 0 Å². The Morgan fingerprint density at radius 2 is 1.81 bits per heavy atom. The standard InChI is InChI=1S/C14H22N2/c1-11-10-14(15)12(2)9-13(11)5-8-16-6-3-4-7-16/h9-10H,3-8,15H2,1-2H3. The summed E-state index contributed by atoms with van der Waals surface area (Å²) in [5.74, 6) is 0. The lowest BCUT2D eigenvalue weighted by molar-refractivity contribution is 0.343. The molecule has 1 heterocycles. The molecule has 1 aliphatic heterocycles. The van der Waals surface area contributed by atoms with E-state index in [4.69, 9.17) is 5.73 Å². The molecule has 2 nitrogen and oxygen atoms in total. The van der Waals surface area contributed by atoms with Crippen molar-refractivity contribution in [3.63, 3.8) is 0 Å². The third-order valence-corrected chi connectivity index (χ3v) is 3.62. The Balaban J connectivity index is 2.00. The maximum atomic E-state index is 5.90. The number of benzene rings is 1. The molecule has 1 aromatic rings. The first-order chi connectivity index (χ1) is 7.66. The summed E-state index contributed by atoms with van der Waals surface area (Å²) in [6.07, 6.45) is 3.91. The van der Waals surface area contributed by atoms with E-state index < -0.39 is 0 Å². The zero-order valence-corrected chi connectivity index (χ0v) is 10.4. The molecule has 0 aliphatic carbocycles. The van der Waals surface area contributed by atoms with Crippen molar-refractivity contribution in [1.29, 1.82) is 0 Å². The first kappa shape index (κ1) is 11.5. The van der Waals surface area contributed by atoms with Gasteiger partial charge in [-0.3, -0.25) is 0 Å². The number of likely N-dealkylation sites (tertiary alicyclic amines) is 1. The summed E-state index contributed by atoms with van der Waals surface area (Å²) >= 11 is 0. The van der Waals surface area contributed by atoms with Gasteiger partial charge in [0.25, 0.3) is 0 Å². The molecule has 0 spiro atoms. The fourth-order valence-electron chi connectivity index (χ4n) is 2.45. The SMILES string of the molecule is Cc1cc(CCN2CCCC2)c(C)cc1N. The molecule has 2 N–H and O–H groups in total. The summed E-state index contributed by atoms with van der Waals surface area (Å²) in [4.78, 5) is 2.56. The molecule has 0 atom stereocenters. The van der Waals surface area contributed by atoms with E-state index in [-0.39, 0.29) is 0 Å². The van der Waals surface area contributed by atoms with Crippen molar-refractivity contribution in [1.82, 2.24) is 4.90 Å². The Morgan fingerprint density at radius 1 is 1.12 bits per heavy atom. The highest BCUT2D eigenvalue weighted by Gasteiger charge is 2.11. The highest BCUT2D eigenvalue weighted by molar-refractivity contribution is 5.51. The maximum absolute atomic E-state index is 5.90. The van der Waals surface area contributed by atoms with Crippen LogP contribution in [0.2, 0.25) is 0 Å². The van der Waals surface area contributed by atoms with E-state index in [2.05, 4.69) is 30.9 Å². The lowest BCUT2D eigenvalue weighted by atomic mass is 10.0. The van der Waals surface area contributed by atoms with Crippen molar-refractivity contribution in [2.45, 2.75) is 33.1 Å². The minimum absolute atomic E-state index is 0.919. The number of rotatable bonds is 3. The van der Waals surface area contributed by atoms with Gasteiger partial charge >= 0.3 is 0 Å². The van der Waals surface area contributed by atoms with Gasteiger partial charge < -0.3 is 10.6 Å². The van der Waals surface area contributed by atoms with Crippen LogP contribution >= 0.6 is 0 Å². The first-order valence-corrected chi connectivity index (χ1v) is 6.25. The molecule has 0 amide bonds. The largest absolute Gasteiger partial charge is 0.399 e. The van der Waals surface area contributed by atoms with E-state index in [0.29, 0.717) is 0 Å². The van der Waals surface area contributed by atoms with Crippen LogP contribution in [-0.2, 0) is 6.42 Å². The van der Waals surface area contributed by atoms with Crippen LogP contribution < -0.4 is 5.73 Å². The lowest BCUT2D eigenvalue weighted by Gasteiger charge is -2.16. The Kier molecular flexibility index (Phi) is 3.49. The monoisotopic (exact) mass is 218 g/mol. The molecule has 0 unspecified atom stereocenters. The summed E-state index contributed by atoms with van der Waals surface area (Å²) in [5.41, 5.74) is 10.8. The van der Waals surface area contributed by atoms with Crippen molar-refractivity contribution in [2.24, 2.45) is 0 Å². The lowest BCUT2D eigenvalue weighted by Crippen LogP contribution is -2.22. The Bertz CT molecular complexity index is 365. The topological polar surface area (TPSA) is 29.3 Å². The number of anilines is 1. The Morgan fingerprint density at radius 3 is 2.50 bits per heavy atom. The van der Waals surface area contributed by atoms with Gasteiger partial charge in [0.1, 0.15) is 0 Å². The van der Waals surface area contributed by atoms with Gasteiger partial charge in [0.15, 0.2) is 0 Å². The quantitative estimate of drug-likeness (QED) is 0.790. The average Bonchev–Trinajstić information content (AvgIpc) is 2.74. The molecule has 0 bridgehead atoms. The summed E-state index contributed by atoms with van der Waals surface area (Å²) in [5, 5.41) is 0. The van der Waals surface area contributed by atoms with Crippen LogP contribution in [0, 0.1) is 13.8 Å². The number of hydrogen-bond acceptors (Lipinski definition) is 2. The minimum Gasteiger partial charge on any atom is -0.399 e. The van der Waals surface area contributed by atoms with E-state index in [1.54, 1.807) is 0 Å². The zero-order valence-electron chi connectivity index (χ0n) is 10.4. The first-order valence-electron chi connectivity index (χ1n) is 6.25. The van der Waals surface area contributed by atoms with Gasteiger partial charge in [-0.25, -0.2) is 0 Å². The molecule has 88 valence electrons. The van der Waals surface area contributed by atoms with Crippen molar-refractivity contribution >= 4 is 5.69 Å². The van der Waals surface area contributed by atoms with E-state index in [9.17, 15) is 0 Å². The molecule has 16 heavy (non-hydrogen) atoms.